The Kier molecular flexibility index (Phi) is 3.36. The predicted molar refractivity (Wildman–Crippen MR) is 66.2 cm³/mol. The number of nitrogens with zero attached hydrogens (tertiary/aromatic N) is 2. The first kappa shape index (κ1) is 14.8. The molecule has 0 bridgehead atoms. The van der Waals surface area contributed by atoms with Crippen molar-refractivity contribution in [3.8, 4) is 0 Å². The number of halogens is 3. The highest BCUT2D eigenvalue weighted by molar-refractivity contribution is 6.08. The van der Waals surface area contributed by atoms with Crippen molar-refractivity contribution < 1.29 is 18.0 Å². The van der Waals surface area contributed by atoms with E-state index in [0.29, 0.717) is 10.6 Å². The fraction of sp³-hybridized carbons (Fsp3) is 0.250. The molecule has 0 aliphatic rings. The second-order valence-electron chi connectivity index (χ2n) is 4.37. The first-order valence-corrected chi connectivity index (χ1v) is 5.71. The van der Waals surface area contributed by atoms with Crippen molar-refractivity contribution in [1.29, 1.82) is 0 Å². The zero-order valence-corrected chi connectivity index (χ0v) is 11.0. The van der Waals surface area contributed by atoms with E-state index in [2.05, 4.69) is 5.10 Å². The number of aromatic amines is 1. The molecule has 112 valence electrons. The molecule has 0 aliphatic heterocycles. The normalized spacial score (nSPS) is 11.7. The molecule has 2 aromatic heterocycles. The Balaban J connectivity index is 2.60. The lowest BCUT2D eigenvalue weighted by molar-refractivity contribution is -0.143. The standard InChI is InChI=1S/C12H10F3N3O3/c1-17-8(12(13,14)15)4-3-6(10(17)20)9(19)7-5-16-18(2)11(7)21/h3-5,16H,1-2H3. The van der Waals surface area contributed by atoms with Crippen LogP contribution in [0.2, 0.25) is 0 Å². The molecule has 21 heavy (non-hydrogen) atoms. The molecule has 2 aromatic rings. The summed E-state index contributed by atoms with van der Waals surface area (Å²) in [6.07, 6.45) is -3.61. The number of carbonyl (C=O) groups is 1. The van der Waals surface area contributed by atoms with Crippen molar-refractivity contribution >= 4 is 5.78 Å². The van der Waals surface area contributed by atoms with Gasteiger partial charge < -0.3 is 9.67 Å². The molecule has 0 saturated heterocycles. The van der Waals surface area contributed by atoms with Crippen LogP contribution in [-0.2, 0) is 20.3 Å². The van der Waals surface area contributed by atoms with Crippen LogP contribution in [0.25, 0.3) is 0 Å². The van der Waals surface area contributed by atoms with Gasteiger partial charge in [0, 0.05) is 20.3 Å². The van der Waals surface area contributed by atoms with Gasteiger partial charge in [0.25, 0.3) is 11.1 Å². The third-order valence-electron chi connectivity index (χ3n) is 3.02. The van der Waals surface area contributed by atoms with E-state index in [-0.39, 0.29) is 5.56 Å². The quantitative estimate of drug-likeness (QED) is 0.828. The lowest BCUT2D eigenvalue weighted by Gasteiger charge is -2.12. The van der Waals surface area contributed by atoms with Gasteiger partial charge in [0.05, 0.1) is 5.56 Å². The molecular weight excluding hydrogens is 291 g/mol. The van der Waals surface area contributed by atoms with E-state index in [0.717, 1.165) is 24.0 Å². The first-order chi connectivity index (χ1) is 9.64. The topological polar surface area (TPSA) is 76.9 Å². The van der Waals surface area contributed by atoms with Crippen molar-refractivity contribution in [3.63, 3.8) is 0 Å². The zero-order chi connectivity index (χ0) is 15.9. The molecule has 0 atom stereocenters. The number of hydrogen-bond donors (Lipinski definition) is 1. The number of nitrogens with one attached hydrogen (secondary N) is 1. The molecule has 6 nitrogen and oxygen atoms in total. The molecule has 0 fully saturated rings. The van der Waals surface area contributed by atoms with E-state index in [4.69, 9.17) is 0 Å². The van der Waals surface area contributed by atoms with Crippen molar-refractivity contribution in [1.82, 2.24) is 14.3 Å². The van der Waals surface area contributed by atoms with Crippen LogP contribution in [-0.4, -0.2) is 20.1 Å². The van der Waals surface area contributed by atoms with Gasteiger partial charge in [-0.05, 0) is 12.1 Å². The summed E-state index contributed by atoms with van der Waals surface area (Å²) in [7, 11) is 2.28. The first-order valence-electron chi connectivity index (χ1n) is 5.71. The Morgan fingerprint density at radius 1 is 1.10 bits per heavy atom. The minimum atomic E-state index is -4.71. The number of hydrogen-bond acceptors (Lipinski definition) is 3. The van der Waals surface area contributed by atoms with Crippen LogP contribution < -0.4 is 11.1 Å². The van der Waals surface area contributed by atoms with Gasteiger partial charge >= 0.3 is 6.18 Å². The van der Waals surface area contributed by atoms with Gasteiger partial charge in [-0.25, -0.2) is 0 Å². The van der Waals surface area contributed by atoms with Gasteiger partial charge in [0.15, 0.2) is 0 Å². The third-order valence-corrected chi connectivity index (χ3v) is 3.02. The number of pyridine rings is 1. The number of aromatic nitrogens is 3. The summed E-state index contributed by atoms with van der Waals surface area (Å²) in [4.78, 5) is 35.6. The van der Waals surface area contributed by atoms with Gasteiger partial charge in [-0.3, -0.25) is 19.1 Å². The summed E-state index contributed by atoms with van der Waals surface area (Å²) in [5, 5.41) is 2.45. The molecule has 2 heterocycles. The van der Waals surface area contributed by atoms with Gasteiger partial charge in [-0.2, -0.15) is 13.2 Å². The minimum Gasteiger partial charge on any atom is -0.307 e. The average molecular weight is 301 g/mol. The molecule has 0 spiro atoms. The fourth-order valence-corrected chi connectivity index (χ4v) is 1.86. The molecule has 0 unspecified atom stereocenters. The van der Waals surface area contributed by atoms with Crippen LogP contribution in [0, 0.1) is 0 Å². The van der Waals surface area contributed by atoms with Crippen molar-refractivity contribution in [2.45, 2.75) is 6.18 Å². The molecular formula is C12H10F3N3O3. The molecule has 1 N–H and O–H groups in total. The van der Waals surface area contributed by atoms with Crippen molar-refractivity contribution in [2.24, 2.45) is 14.1 Å². The molecule has 0 amide bonds. The van der Waals surface area contributed by atoms with Crippen molar-refractivity contribution in [2.75, 3.05) is 0 Å². The highest BCUT2D eigenvalue weighted by Gasteiger charge is 2.34. The number of alkyl halides is 3. The Morgan fingerprint density at radius 3 is 2.19 bits per heavy atom. The van der Waals surface area contributed by atoms with Gasteiger partial charge in [0.1, 0.15) is 11.3 Å². The maximum atomic E-state index is 12.6. The fourth-order valence-electron chi connectivity index (χ4n) is 1.86. The summed E-state index contributed by atoms with van der Waals surface area (Å²) in [6.45, 7) is 0. The van der Waals surface area contributed by atoms with Crippen LogP contribution in [0.1, 0.15) is 21.6 Å². The minimum absolute atomic E-state index is 0.311. The van der Waals surface area contributed by atoms with Crippen LogP contribution in [0.4, 0.5) is 13.2 Å². The molecule has 9 heteroatoms. The number of H-pyrrole nitrogens is 1. The molecule has 0 saturated carbocycles. The van der Waals surface area contributed by atoms with Crippen LogP contribution >= 0.6 is 0 Å². The lowest BCUT2D eigenvalue weighted by Crippen LogP contribution is -2.31. The van der Waals surface area contributed by atoms with E-state index >= 15 is 0 Å². The predicted octanol–water partition coefficient (Wildman–Crippen LogP) is 0.662. The number of ketones is 1. The molecule has 2 rings (SSSR count). The average Bonchev–Trinajstić information content (AvgIpc) is 2.71. The Morgan fingerprint density at radius 2 is 1.71 bits per heavy atom. The summed E-state index contributed by atoms with van der Waals surface area (Å²) in [6, 6.07) is 1.41. The van der Waals surface area contributed by atoms with Crippen LogP contribution in [0.15, 0.2) is 27.9 Å². The van der Waals surface area contributed by atoms with E-state index in [9.17, 15) is 27.6 Å². The molecule has 0 aliphatic carbocycles. The van der Waals surface area contributed by atoms with Gasteiger partial charge in [0.2, 0.25) is 5.78 Å². The van der Waals surface area contributed by atoms with E-state index < -0.39 is 34.3 Å². The number of carbonyl (C=O) groups excluding carboxylic acids is 1. The Hall–Kier alpha value is -2.58. The monoisotopic (exact) mass is 301 g/mol. The maximum Gasteiger partial charge on any atom is 0.431 e. The molecule has 0 radical (unpaired) electrons. The highest BCUT2D eigenvalue weighted by atomic mass is 19.4. The van der Waals surface area contributed by atoms with Crippen LogP contribution in [0.5, 0.6) is 0 Å². The summed E-state index contributed by atoms with van der Waals surface area (Å²) in [5.74, 6) is -0.925. The zero-order valence-electron chi connectivity index (χ0n) is 11.0. The summed E-state index contributed by atoms with van der Waals surface area (Å²) < 4.78 is 39.3. The summed E-state index contributed by atoms with van der Waals surface area (Å²) in [5.41, 5.74) is -3.76. The second kappa shape index (κ2) is 4.76. The largest absolute Gasteiger partial charge is 0.431 e. The Bertz CT molecular complexity index is 827. The Labute approximate surface area is 115 Å². The smallest absolute Gasteiger partial charge is 0.307 e. The lowest BCUT2D eigenvalue weighted by atomic mass is 10.1. The van der Waals surface area contributed by atoms with E-state index in [1.807, 2.05) is 0 Å². The van der Waals surface area contributed by atoms with E-state index in [1.165, 1.54) is 7.05 Å². The van der Waals surface area contributed by atoms with Gasteiger partial charge in [-0.15, -0.1) is 0 Å². The second-order valence-corrected chi connectivity index (χ2v) is 4.37. The SMILES string of the molecule is Cn1[nH]cc(C(=O)c2ccc(C(F)(F)F)n(C)c2=O)c1=O. The number of aryl methyl sites for hydroxylation is 1. The van der Waals surface area contributed by atoms with Crippen molar-refractivity contribution in [3.05, 3.63) is 55.9 Å². The maximum absolute atomic E-state index is 12.6. The van der Waals surface area contributed by atoms with Gasteiger partial charge in [-0.1, -0.05) is 0 Å². The third kappa shape index (κ3) is 2.41. The van der Waals surface area contributed by atoms with Crippen LogP contribution in [0.3, 0.4) is 0 Å². The number of rotatable bonds is 2. The highest BCUT2D eigenvalue weighted by Crippen LogP contribution is 2.27. The van der Waals surface area contributed by atoms with E-state index in [1.54, 1.807) is 0 Å². The summed E-state index contributed by atoms with van der Waals surface area (Å²) >= 11 is 0. The molecule has 0 aromatic carbocycles.